The van der Waals surface area contributed by atoms with E-state index in [1.54, 1.807) is 5.01 Å². The molecule has 1 heterocycles. The number of aryl methyl sites for hydroxylation is 2. The van der Waals surface area contributed by atoms with Crippen LogP contribution >= 0.6 is 0 Å². The van der Waals surface area contributed by atoms with Gasteiger partial charge in [0, 0.05) is 18.8 Å². The molecule has 2 N–H and O–H groups in total. The molecule has 1 saturated heterocycles. The molecule has 0 unspecified atom stereocenters. The molecule has 0 saturated carbocycles. The number of rotatable bonds is 1. The maximum absolute atomic E-state index is 12.4. The van der Waals surface area contributed by atoms with E-state index in [9.17, 15) is 4.79 Å². The summed E-state index contributed by atoms with van der Waals surface area (Å²) in [4.78, 5) is 12.4. The molecule has 20 heavy (non-hydrogen) atoms. The van der Waals surface area contributed by atoms with Gasteiger partial charge in [-0.25, -0.2) is 10.2 Å². The van der Waals surface area contributed by atoms with E-state index in [4.69, 9.17) is 0 Å². The van der Waals surface area contributed by atoms with Gasteiger partial charge in [0.15, 0.2) is 0 Å². The fourth-order valence-corrected chi connectivity index (χ4v) is 3.85. The summed E-state index contributed by atoms with van der Waals surface area (Å²) in [6, 6.07) is 2.41. The highest BCUT2D eigenvalue weighted by Crippen LogP contribution is 2.38. The lowest BCUT2D eigenvalue weighted by molar-refractivity contribution is 0.205. The summed E-state index contributed by atoms with van der Waals surface area (Å²) >= 11 is 0. The van der Waals surface area contributed by atoms with Crippen LogP contribution in [0.3, 0.4) is 0 Å². The second-order valence-corrected chi connectivity index (χ2v) is 6.08. The number of benzene rings is 1. The first-order chi connectivity index (χ1) is 9.83. The Morgan fingerprint density at radius 2 is 1.75 bits per heavy atom. The lowest BCUT2D eigenvalue weighted by Gasteiger charge is -2.20. The molecular formula is C16H21N3O. The molecule has 1 fully saturated rings. The maximum Gasteiger partial charge on any atom is 0.336 e. The second-order valence-electron chi connectivity index (χ2n) is 6.08. The molecule has 1 aromatic rings. The van der Waals surface area contributed by atoms with Crippen LogP contribution in [0.2, 0.25) is 0 Å². The number of amides is 2. The van der Waals surface area contributed by atoms with Gasteiger partial charge in [0.25, 0.3) is 0 Å². The van der Waals surface area contributed by atoms with Crippen molar-refractivity contribution in [3.05, 3.63) is 28.3 Å². The Hall–Kier alpha value is -1.55. The van der Waals surface area contributed by atoms with E-state index >= 15 is 0 Å². The van der Waals surface area contributed by atoms with Crippen LogP contribution in [0.15, 0.2) is 6.07 Å². The van der Waals surface area contributed by atoms with Gasteiger partial charge in [-0.05, 0) is 67.2 Å². The molecule has 1 aromatic carbocycles. The topological polar surface area (TPSA) is 44.4 Å². The molecule has 4 heteroatoms. The lowest BCUT2D eigenvalue weighted by Crippen LogP contribution is -2.40. The largest absolute Gasteiger partial charge is 0.336 e. The third-order valence-electron chi connectivity index (χ3n) is 4.81. The first-order valence-electron chi connectivity index (χ1n) is 7.81. The van der Waals surface area contributed by atoms with E-state index in [0.717, 1.165) is 38.0 Å². The minimum atomic E-state index is 0.0110. The minimum Gasteiger partial charge on any atom is -0.306 e. The first-order valence-corrected chi connectivity index (χ1v) is 7.81. The van der Waals surface area contributed by atoms with Crippen LogP contribution in [0.1, 0.15) is 41.5 Å². The molecule has 4 nitrogen and oxygen atoms in total. The van der Waals surface area contributed by atoms with E-state index < -0.39 is 0 Å². The monoisotopic (exact) mass is 271 g/mol. The van der Waals surface area contributed by atoms with Crippen molar-refractivity contribution in [2.24, 2.45) is 0 Å². The number of nitrogens with zero attached hydrogens (tertiary/aromatic N) is 1. The Morgan fingerprint density at radius 1 is 1.05 bits per heavy atom. The van der Waals surface area contributed by atoms with Crippen molar-refractivity contribution >= 4 is 11.7 Å². The molecule has 1 aliphatic heterocycles. The third kappa shape index (κ3) is 1.90. The van der Waals surface area contributed by atoms with Gasteiger partial charge in [0.2, 0.25) is 0 Å². The zero-order valence-electron chi connectivity index (χ0n) is 11.8. The van der Waals surface area contributed by atoms with Crippen LogP contribution in [0, 0.1) is 0 Å². The summed E-state index contributed by atoms with van der Waals surface area (Å²) in [6.07, 6.45) is 8.07. The number of anilines is 1. The number of hydrogen-bond acceptors (Lipinski definition) is 2. The van der Waals surface area contributed by atoms with E-state index in [1.165, 1.54) is 47.9 Å². The van der Waals surface area contributed by atoms with Crippen molar-refractivity contribution in [1.29, 1.82) is 0 Å². The van der Waals surface area contributed by atoms with Gasteiger partial charge < -0.3 is 5.32 Å². The predicted octanol–water partition coefficient (Wildman–Crippen LogP) is 2.41. The third-order valence-corrected chi connectivity index (χ3v) is 4.81. The number of fused-ring (bicyclic) bond motifs is 2. The van der Waals surface area contributed by atoms with Crippen LogP contribution in [0.25, 0.3) is 0 Å². The SMILES string of the molecule is O=C(Nc1c2c(cc3c1CCC3)CCC2)N1CCCN1. The zero-order chi connectivity index (χ0) is 13.5. The normalized spacial score (nSPS) is 20.1. The summed E-state index contributed by atoms with van der Waals surface area (Å²) in [6.45, 7) is 1.71. The van der Waals surface area contributed by atoms with E-state index in [1.807, 2.05) is 0 Å². The molecule has 0 spiro atoms. The number of carbonyl (C=O) groups is 1. The van der Waals surface area contributed by atoms with Crippen molar-refractivity contribution in [3.8, 4) is 0 Å². The number of hydrogen-bond donors (Lipinski definition) is 2. The Labute approximate surface area is 119 Å². The van der Waals surface area contributed by atoms with E-state index in [2.05, 4.69) is 16.8 Å². The molecule has 106 valence electrons. The minimum absolute atomic E-state index is 0.0110. The van der Waals surface area contributed by atoms with Crippen LogP contribution in [-0.4, -0.2) is 24.1 Å². The fraction of sp³-hybridized carbons (Fsp3) is 0.562. The number of hydrazine groups is 1. The molecule has 4 rings (SSSR count). The average molecular weight is 271 g/mol. The average Bonchev–Trinajstić information content (AvgIpc) is 3.19. The van der Waals surface area contributed by atoms with Crippen molar-refractivity contribution in [2.45, 2.75) is 44.9 Å². The predicted molar refractivity (Wildman–Crippen MR) is 78.8 cm³/mol. The summed E-state index contributed by atoms with van der Waals surface area (Å²) in [5, 5.41) is 4.93. The van der Waals surface area contributed by atoms with E-state index in [0.29, 0.717) is 0 Å². The summed E-state index contributed by atoms with van der Waals surface area (Å²) in [5.74, 6) is 0. The molecule has 0 radical (unpaired) electrons. The molecule has 2 amide bonds. The highest BCUT2D eigenvalue weighted by atomic mass is 16.2. The summed E-state index contributed by atoms with van der Waals surface area (Å²) in [5.41, 5.74) is 10.0. The van der Waals surface area contributed by atoms with Crippen LogP contribution in [0.5, 0.6) is 0 Å². The Bertz CT molecular complexity index is 529. The van der Waals surface area contributed by atoms with Gasteiger partial charge in [0.1, 0.15) is 0 Å². The quantitative estimate of drug-likeness (QED) is 0.824. The van der Waals surface area contributed by atoms with Crippen LogP contribution in [-0.2, 0) is 25.7 Å². The van der Waals surface area contributed by atoms with Crippen molar-refractivity contribution in [3.63, 3.8) is 0 Å². The molecule has 0 atom stereocenters. The summed E-state index contributed by atoms with van der Waals surface area (Å²) < 4.78 is 0. The van der Waals surface area contributed by atoms with Crippen LogP contribution < -0.4 is 10.7 Å². The van der Waals surface area contributed by atoms with Gasteiger partial charge in [0.05, 0.1) is 0 Å². The highest BCUT2D eigenvalue weighted by Gasteiger charge is 2.26. The molecule has 2 aliphatic carbocycles. The number of nitrogens with one attached hydrogen (secondary N) is 2. The maximum atomic E-state index is 12.4. The van der Waals surface area contributed by atoms with Gasteiger partial charge in [-0.3, -0.25) is 5.01 Å². The second kappa shape index (κ2) is 4.77. The van der Waals surface area contributed by atoms with Gasteiger partial charge >= 0.3 is 6.03 Å². The molecular weight excluding hydrogens is 250 g/mol. The Balaban J connectivity index is 1.68. The fourth-order valence-electron chi connectivity index (χ4n) is 3.85. The molecule has 3 aliphatic rings. The highest BCUT2D eigenvalue weighted by molar-refractivity contribution is 5.92. The number of urea groups is 1. The standard InChI is InChI=1S/C16H21N3O/c20-16(19-9-3-8-17-19)18-15-13-6-1-4-11(13)10-12-5-2-7-14(12)15/h10,17H,1-9H2,(H,18,20). The van der Waals surface area contributed by atoms with Gasteiger partial charge in [-0.1, -0.05) is 6.07 Å². The van der Waals surface area contributed by atoms with Crippen molar-refractivity contribution < 1.29 is 4.79 Å². The number of carbonyl (C=O) groups excluding carboxylic acids is 1. The van der Waals surface area contributed by atoms with Crippen LogP contribution in [0.4, 0.5) is 10.5 Å². The van der Waals surface area contributed by atoms with Crippen molar-refractivity contribution in [1.82, 2.24) is 10.4 Å². The zero-order valence-corrected chi connectivity index (χ0v) is 11.8. The van der Waals surface area contributed by atoms with Crippen molar-refractivity contribution in [2.75, 3.05) is 18.4 Å². The lowest BCUT2D eigenvalue weighted by atomic mass is 9.99. The molecule has 0 bridgehead atoms. The van der Waals surface area contributed by atoms with Gasteiger partial charge in [-0.2, -0.15) is 0 Å². The van der Waals surface area contributed by atoms with Gasteiger partial charge in [-0.15, -0.1) is 0 Å². The summed E-state index contributed by atoms with van der Waals surface area (Å²) in [7, 11) is 0. The Kier molecular flexibility index (Phi) is 2.91. The molecule has 0 aromatic heterocycles. The first kappa shape index (κ1) is 12.2. The Morgan fingerprint density at radius 3 is 2.35 bits per heavy atom. The van der Waals surface area contributed by atoms with E-state index in [-0.39, 0.29) is 6.03 Å². The smallest absolute Gasteiger partial charge is 0.306 e.